The zero-order chi connectivity index (χ0) is 18.1. The Bertz CT molecular complexity index is 1100. The fraction of sp³-hybridized carbons (Fsp3) is 0.125. The maximum Gasteiger partial charge on any atom is 0.314 e. The Balaban J connectivity index is 1.91. The lowest BCUT2D eigenvalue weighted by molar-refractivity contribution is -0.143. The Hall–Kier alpha value is -3.13. The summed E-state index contributed by atoms with van der Waals surface area (Å²) in [5.41, 5.74) is 0.905. The molecule has 0 heterocycles. The number of hydrogen-bond acceptors (Lipinski definition) is 1. The Kier molecular flexibility index (Phi) is 3.96. The quantitative estimate of drug-likeness (QED) is 0.527. The molecular weight excluding hydrogens is 320 g/mol. The van der Waals surface area contributed by atoms with Crippen molar-refractivity contribution in [2.24, 2.45) is 0 Å². The van der Waals surface area contributed by atoms with Crippen molar-refractivity contribution in [3.63, 3.8) is 0 Å². The molecule has 0 saturated heterocycles. The van der Waals surface area contributed by atoms with Crippen molar-refractivity contribution in [2.75, 3.05) is 0 Å². The van der Waals surface area contributed by atoms with Crippen molar-refractivity contribution >= 4 is 27.5 Å². The van der Waals surface area contributed by atoms with Gasteiger partial charge in [-0.2, -0.15) is 0 Å². The maximum absolute atomic E-state index is 12.4. The Morgan fingerprint density at radius 1 is 0.769 bits per heavy atom. The van der Waals surface area contributed by atoms with Gasteiger partial charge in [-0.05, 0) is 46.0 Å². The zero-order valence-electron chi connectivity index (χ0n) is 14.6. The smallest absolute Gasteiger partial charge is 0.314 e. The fourth-order valence-corrected chi connectivity index (χ4v) is 3.82. The standard InChI is InChI=1S/C24H20O2/c1-24(23(25)26,22-15-7-11-18-9-3-5-14-21(18)22)16-19-12-6-10-17-8-2-4-13-20(17)19/h2-15H,16H2,1H3,(H,25,26). The summed E-state index contributed by atoms with van der Waals surface area (Å²) < 4.78 is 0. The molecule has 4 rings (SSSR count). The number of carboxylic acids is 1. The first-order valence-corrected chi connectivity index (χ1v) is 8.78. The molecule has 0 saturated carbocycles. The van der Waals surface area contributed by atoms with Crippen LogP contribution in [0.2, 0.25) is 0 Å². The predicted octanol–water partition coefficient (Wildman–Crippen LogP) is 5.58. The number of fused-ring (bicyclic) bond motifs is 2. The van der Waals surface area contributed by atoms with Gasteiger partial charge >= 0.3 is 5.97 Å². The monoisotopic (exact) mass is 340 g/mol. The molecule has 0 aliphatic carbocycles. The molecule has 0 aromatic heterocycles. The average molecular weight is 340 g/mol. The summed E-state index contributed by atoms with van der Waals surface area (Å²) in [7, 11) is 0. The minimum atomic E-state index is -1.01. The summed E-state index contributed by atoms with van der Waals surface area (Å²) in [5, 5.41) is 14.5. The number of carbonyl (C=O) groups is 1. The van der Waals surface area contributed by atoms with Crippen LogP contribution in [-0.2, 0) is 16.6 Å². The summed E-state index contributed by atoms with van der Waals surface area (Å²) in [5.74, 6) is -0.804. The van der Waals surface area contributed by atoms with Crippen molar-refractivity contribution in [1.29, 1.82) is 0 Å². The lowest BCUT2D eigenvalue weighted by Crippen LogP contribution is -2.35. The maximum atomic E-state index is 12.4. The van der Waals surface area contributed by atoms with Crippen LogP contribution in [0.3, 0.4) is 0 Å². The lowest BCUT2D eigenvalue weighted by atomic mass is 9.75. The van der Waals surface area contributed by atoms with Gasteiger partial charge in [0, 0.05) is 0 Å². The molecule has 1 N–H and O–H groups in total. The highest BCUT2D eigenvalue weighted by Gasteiger charge is 2.37. The van der Waals surface area contributed by atoms with Gasteiger partial charge in [0.15, 0.2) is 0 Å². The van der Waals surface area contributed by atoms with Crippen LogP contribution < -0.4 is 0 Å². The van der Waals surface area contributed by atoms with Gasteiger partial charge in [0.25, 0.3) is 0 Å². The van der Waals surface area contributed by atoms with E-state index in [0.29, 0.717) is 6.42 Å². The molecule has 0 aliphatic rings. The van der Waals surface area contributed by atoms with E-state index in [4.69, 9.17) is 0 Å². The van der Waals surface area contributed by atoms with Gasteiger partial charge in [-0.15, -0.1) is 0 Å². The van der Waals surface area contributed by atoms with Crippen LogP contribution in [0.5, 0.6) is 0 Å². The van der Waals surface area contributed by atoms with Gasteiger partial charge in [-0.3, -0.25) is 4.79 Å². The second kappa shape index (κ2) is 6.30. The van der Waals surface area contributed by atoms with Crippen LogP contribution in [-0.4, -0.2) is 11.1 Å². The molecule has 0 spiro atoms. The van der Waals surface area contributed by atoms with Crippen molar-refractivity contribution in [3.05, 3.63) is 96.1 Å². The van der Waals surface area contributed by atoms with E-state index in [2.05, 4.69) is 18.2 Å². The second-order valence-corrected chi connectivity index (χ2v) is 6.98. The van der Waals surface area contributed by atoms with Gasteiger partial charge in [0.2, 0.25) is 0 Å². The van der Waals surface area contributed by atoms with Crippen LogP contribution in [0.15, 0.2) is 84.9 Å². The number of aliphatic carboxylic acids is 1. The molecule has 4 aromatic carbocycles. The molecule has 2 nitrogen and oxygen atoms in total. The van der Waals surface area contributed by atoms with Gasteiger partial charge in [0.1, 0.15) is 0 Å². The van der Waals surface area contributed by atoms with E-state index in [0.717, 1.165) is 32.7 Å². The molecule has 1 atom stereocenters. The molecule has 4 aromatic rings. The van der Waals surface area contributed by atoms with Gasteiger partial charge in [-0.1, -0.05) is 84.9 Å². The highest BCUT2D eigenvalue weighted by Crippen LogP contribution is 2.35. The molecule has 2 heteroatoms. The van der Waals surface area contributed by atoms with Crippen LogP contribution in [0.25, 0.3) is 21.5 Å². The molecule has 0 fully saturated rings. The first-order valence-electron chi connectivity index (χ1n) is 8.78. The van der Waals surface area contributed by atoms with Crippen LogP contribution in [0.1, 0.15) is 18.1 Å². The Morgan fingerprint density at radius 3 is 2.00 bits per heavy atom. The molecule has 26 heavy (non-hydrogen) atoms. The summed E-state index contributed by atoms with van der Waals surface area (Å²) in [4.78, 5) is 12.4. The van der Waals surface area contributed by atoms with E-state index in [9.17, 15) is 9.90 Å². The van der Waals surface area contributed by atoms with Crippen molar-refractivity contribution < 1.29 is 9.90 Å². The molecule has 1 unspecified atom stereocenters. The average Bonchev–Trinajstić information content (AvgIpc) is 2.67. The van der Waals surface area contributed by atoms with E-state index < -0.39 is 11.4 Å². The molecule has 0 aliphatic heterocycles. The third-order valence-electron chi connectivity index (χ3n) is 5.28. The molecule has 128 valence electrons. The fourth-order valence-electron chi connectivity index (χ4n) is 3.82. The Labute approximate surface area is 152 Å². The normalized spacial score (nSPS) is 13.6. The summed E-state index contributed by atoms with van der Waals surface area (Å²) >= 11 is 0. The first-order chi connectivity index (χ1) is 12.6. The van der Waals surface area contributed by atoms with Crippen LogP contribution in [0, 0.1) is 0 Å². The van der Waals surface area contributed by atoms with E-state index in [1.807, 2.05) is 73.7 Å². The number of hydrogen-bond donors (Lipinski definition) is 1. The van der Waals surface area contributed by atoms with Crippen molar-refractivity contribution in [3.8, 4) is 0 Å². The van der Waals surface area contributed by atoms with Gasteiger partial charge < -0.3 is 5.11 Å². The van der Waals surface area contributed by atoms with Gasteiger partial charge in [0.05, 0.1) is 5.41 Å². The number of benzene rings is 4. The van der Waals surface area contributed by atoms with Crippen molar-refractivity contribution in [2.45, 2.75) is 18.8 Å². The third-order valence-corrected chi connectivity index (χ3v) is 5.28. The largest absolute Gasteiger partial charge is 0.481 e. The highest BCUT2D eigenvalue weighted by atomic mass is 16.4. The molecule has 0 amide bonds. The topological polar surface area (TPSA) is 37.3 Å². The molecular formula is C24H20O2. The van der Waals surface area contributed by atoms with Crippen molar-refractivity contribution in [1.82, 2.24) is 0 Å². The molecule has 0 bridgehead atoms. The lowest BCUT2D eigenvalue weighted by Gasteiger charge is -2.27. The summed E-state index contributed by atoms with van der Waals surface area (Å²) in [6, 6.07) is 28.1. The number of rotatable bonds is 4. The molecule has 0 radical (unpaired) electrons. The predicted molar refractivity (Wildman–Crippen MR) is 107 cm³/mol. The van der Waals surface area contributed by atoms with Crippen LogP contribution in [0.4, 0.5) is 0 Å². The minimum absolute atomic E-state index is 0.442. The minimum Gasteiger partial charge on any atom is -0.481 e. The van der Waals surface area contributed by atoms with E-state index in [1.165, 1.54) is 0 Å². The number of carboxylic acid groups (broad SMARTS) is 1. The summed E-state index contributed by atoms with van der Waals surface area (Å²) in [6.07, 6.45) is 0.442. The SMILES string of the molecule is CC(Cc1cccc2ccccc12)(C(=O)O)c1cccc2ccccc12. The zero-order valence-corrected chi connectivity index (χ0v) is 14.6. The van der Waals surface area contributed by atoms with E-state index in [1.54, 1.807) is 0 Å². The van der Waals surface area contributed by atoms with Crippen LogP contribution >= 0.6 is 0 Å². The summed E-state index contributed by atoms with van der Waals surface area (Å²) in [6.45, 7) is 1.83. The Morgan fingerprint density at radius 2 is 1.31 bits per heavy atom. The highest BCUT2D eigenvalue weighted by molar-refractivity contribution is 5.94. The second-order valence-electron chi connectivity index (χ2n) is 6.98. The van der Waals surface area contributed by atoms with E-state index in [-0.39, 0.29) is 0 Å². The first kappa shape index (κ1) is 16.3. The third kappa shape index (κ3) is 2.64. The van der Waals surface area contributed by atoms with E-state index >= 15 is 0 Å². The van der Waals surface area contributed by atoms with Gasteiger partial charge in [-0.25, -0.2) is 0 Å².